The average molecular weight is 456 g/mol. The highest BCUT2D eigenvalue weighted by atomic mass is 127. The number of nitrogens with zero attached hydrogens (tertiary/aromatic N) is 3. The number of aromatic nitrogens is 1. The van der Waals surface area contributed by atoms with Gasteiger partial charge >= 0.3 is 0 Å². The fraction of sp³-hybridized carbons (Fsp3) is 0.444. The minimum absolute atomic E-state index is 0. The second kappa shape index (κ2) is 9.36. The highest BCUT2D eigenvalue weighted by Crippen LogP contribution is 2.21. The average Bonchev–Trinajstić information content (AvgIpc) is 3.05. The molecule has 6 heteroatoms. The number of rotatable bonds is 3. The number of aliphatic imine (C=N–C) groups is 1. The number of halogens is 1. The van der Waals surface area contributed by atoms with E-state index >= 15 is 0 Å². The fourth-order valence-corrected chi connectivity index (χ4v) is 3.75. The van der Waals surface area contributed by atoms with Gasteiger partial charge in [-0.2, -0.15) is 0 Å². The van der Waals surface area contributed by atoms with Crippen LogP contribution in [-0.2, 0) is 6.54 Å². The molecule has 1 saturated heterocycles. The van der Waals surface area contributed by atoms with Crippen molar-refractivity contribution in [3.63, 3.8) is 0 Å². The fourth-order valence-electron chi connectivity index (χ4n) is 3.00. The van der Waals surface area contributed by atoms with Gasteiger partial charge in [0.05, 0.1) is 12.2 Å². The van der Waals surface area contributed by atoms with Crippen molar-refractivity contribution in [3.8, 4) is 11.3 Å². The van der Waals surface area contributed by atoms with E-state index in [0.717, 1.165) is 42.2 Å². The SMILES string of the molecule is CN=C(NCc1nc(-c2ccccc2)cs1)N1CCCC(C)C1.I. The lowest BCUT2D eigenvalue weighted by molar-refractivity contribution is 0.266. The number of guanidine groups is 1. The van der Waals surface area contributed by atoms with Crippen molar-refractivity contribution in [2.45, 2.75) is 26.3 Å². The summed E-state index contributed by atoms with van der Waals surface area (Å²) in [6.07, 6.45) is 2.57. The molecule has 0 saturated carbocycles. The lowest BCUT2D eigenvalue weighted by atomic mass is 10.0. The maximum Gasteiger partial charge on any atom is 0.194 e. The van der Waals surface area contributed by atoms with Gasteiger partial charge in [0, 0.05) is 31.1 Å². The zero-order chi connectivity index (χ0) is 16.1. The summed E-state index contributed by atoms with van der Waals surface area (Å²) in [6, 6.07) is 10.3. The van der Waals surface area contributed by atoms with E-state index in [-0.39, 0.29) is 24.0 Å². The molecule has 1 unspecified atom stereocenters. The summed E-state index contributed by atoms with van der Waals surface area (Å²) < 4.78 is 0. The Kier molecular flexibility index (Phi) is 7.48. The molecule has 2 heterocycles. The summed E-state index contributed by atoms with van der Waals surface area (Å²) in [5.74, 6) is 1.74. The van der Waals surface area contributed by atoms with E-state index < -0.39 is 0 Å². The van der Waals surface area contributed by atoms with Crippen molar-refractivity contribution in [2.75, 3.05) is 20.1 Å². The number of hydrogen-bond acceptors (Lipinski definition) is 3. The largest absolute Gasteiger partial charge is 0.350 e. The van der Waals surface area contributed by atoms with Crippen LogP contribution in [0.15, 0.2) is 40.7 Å². The standard InChI is InChI=1S/C18H24N4S.HI/c1-14-7-6-10-22(12-14)18(19-2)20-11-17-21-16(13-23-17)15-8-4-3-5-9-15;/h3-5,8-9,13-14H,6-7,10-12H2,1-2H3,(H,19,20);1H. The van der Waals surface area contributed by atoms with Crippen LogP contribution in [0.1, 0.15) is 24.8 Å². The van der Waals surface area contributed by atoms with Crippen molar-refractivity contribution in [2.24, 2.45) is 10.9 Å². The van der Waals surface area contributed by atoms with Gasteiger partial charge in [0.15, 0.2) is 5.96 Å². The zero-order valence-electron chi connectivity index (χ0n) is 14.2. The monoisotopic (exact) mass is 456 g/mol. The molecule has 2 aromatic rings. The molecule has 1 aliphatic rings. The summed E-state index contributed by atoms with van der Waals surface area (Å²) in [4.78, 5) is 11.5. The third-order valence-electron chi connectivity index (χ3n) is 4.19. The lowest BCUT2D eigenvalue weighted by Crippen LogP contribution is -2.45. The molecule has 1 N–H and O–H groups in total. The molecular formula is C18H25IN4S. The summed E-state index contributed by atoms with van der Waals surface area (Å²) in [7, 11) is 1.86. The number of thiazole rings is 1. The molecule has 0 aliphatic carbocycles. The van der Waals surface area contributed by atoms with Gasteiger partial charge in [-0.15, -0.1) is 35.3 Å². The van der Waals surface area contributed by atoms with Crippen LogP contribution < -0.4 is 5.32 Å². The van der Waals surface area contributed by atoms with Crippen LogP contribution in [-0.4, -0.2) is 36.0 Å². The number of nitrogens with one attached hydrogen (secondary N) is 1. The van der Waals surface area contributed by atoms with Gasteiger partial charge < -0.3 is 10.2 Å². The number of hydrogen-bond donors (Lipinski definition) is 1. The summed E-state index contributed by atoms with van der Waals surface area (Å²) >= 11 is 1.70. The van der Waals surface area contributed by atoms with Gasteiger partial charge in [0.25, 0.3) is 0 Å². The first-order chi connectivity index (χ1) is 11.3. The van der Waals surface area contributed by atoms with E-state index in [4.69, 9.17) is 4.98 Å². The molecule has 3 rings (SSSR count). The molecule has 0 spiro atoms. The van der Waals surface area contributed by atoms with Gasteiger partial charge in [-0.05, 0) is 18.8 Å². The Labute approximate surface area is 165 Å². The van der Waals surface area contributed by atoms with Gasteiger partial charge in [0.2, 0.25) is 0 Å². The summed E-state index contributed by atoms with van der Waals surface area (Å²) in [6.45, 7) is 5.23. The predicted molar refractivity (Wildman–Crippen MR) is 113 cm³/mol. The molecular weight excluding hydrogens is 431 g/mol. The lowest BCUT2D eigenvalue weighted by Gasteiger charge is -2.33. The highest BCUT2D eigenvalue weighted by Gasteiger charge is 2.19. The van der Waals surface area contributed by atoms with Crippen LogP contribution in [0.25, 0.3) is 11.3 Å². The Bertz CT molecular complexity index is 656. The zero-order valence-corrected chi connectivity index (χ0v) is 17.4. The number of benzene rings is 1. The maximum absolute atomic E-state index is 4.73. The molecule has 4 nitrogen and oxygen atoms in total. The molecule has 0 amide bonds. The molecule has 1 aliphatic heterocycles. The number of likely N-dealkylation sites (tertiary alicyclic amines) is 1. The molecule has 24 heavy (non-hydrogen) atoms. The maximum atomic E-state index is 4.73. The van der Waals surface area contributed by atoms with Gasteiger partial charge in [-0.1, -0.05) is 37.3 Å². The highest BCUT2D eigenvalue weighted by molar-refractivity contribution is 14.0. The summed E-state index contributed by atoms with van der Waals surface area (Å²) in [5, 5.41) is 6.68. The normalized spacial score (nSPS) is 18.2. The van der Waals surface area contributed by atoms with Crippen molar-refractivity contribution < 1.29 is 0 Å². The molecule has 1 aromatic carbocycles. The van der Waals surface area contributed by atoms with E-state index in [2.05, 4.69) is 39.6 Å². The van der Waals surface area contributed by atoms with E-state index in [1.807, 2.05) is 25.2 Å². The van der Waals surface area contributed by atoms with Crippen molar-refractivity contribution >= 4 is 41.3 Å². The predicted octanol–water partition coefficient (Wildman–Crippen LogP) is 4.24. The topological polar surface area (TPSA) is 40.5 Å². The second-order valence-electron chi connectivity index (χ2n) is 6.09. The summed E-state index contributed by atoms with van der Waals surface area (Å²) in [5.41, 5.74) is 2.22. The van der Waals surface area contributed by atoms with Crippen LogP contribution in [0.3, 0.4) is 0 Å². The van der Waals surface area contributed by atoms with Gasteiger partial charge in [0.1, 0.15) is 5.01 Å². The molecule has 1 fully saturated rings. The van der Waals surface area contributed by atoms with E-state index in [1.54, 1.807) is 11.3 Å². The second-order valence-corrected chi connectivity index (χ2v) is 7.03. The molecule has 130 valence electrons. The third-order valence-corrected chi connectivity index (χ3v) is 5.04. The first kappa shape index (κ1) is 19.2. The molecule has 1 atom stereocenters. The van der Waals surface area contributed by atoms with Crippen molar-refractivity contribution in [1.82, 2.24) is 15.2 Å². The van der Waals surface area contributed by atoms with Gasteiger partial charge in [-0.25, -0.2) is 4.98 Å². The van der Waals surface area contributed by atoms with Gasteiger partial charge in [-0.3, -0.25) is 4.99 Å². The first-order valence-electron chi connectivity index (χ1n) is 8.21. The quantitative estimate of drug-likeness (QED) is 0.427. The first-order valence-corrected chi connectivity index (χ1v) is 9.09. The Morgan fingerprint density at radius 3 is 2.88 bits per heavy atom. The van der Waals surface area contributed by atoms with E-state index in [1.165, 1.54) is 18.4 Å². The molecule has 0 radical (unpaired) electrons. The van der Waals surface area contributed by atoms with Crippen LogP contribution >= 0.6 is 35.3 Å². The van der Waals surface area contributed by atoms with Crippen molar-refractivity contribution in [3.05, 3.63) is 40.7 Å². The Morgan fingerprint density at radius 2 is 2.17 bits per heavy atom. The Balaban J connectivity index is 0.00000208. The minimum Gasteiger partial charge on any atom is -0.350 e. The van der Waals surface area contributed by atoms with Crippen LogP contribution in [0.5, 0.6) is 0 Å². The van der Waals surface area contributed by atoms with Crippen molar-refractivity contribution in [1.29, 1.82) is 0 Å². The third kappa shape index (κ3) is 4.92. The van der Waals surface area contributed by atoms with Crippen LogP contribution in [0, 0.1) is 5.92 Å². The Morgan fingerprint density at radius 1 is 1.38 bits per heavy atom. The van der Waals surface area contributed by atoms with Crippen LogP contribution in [0.2, 0.25) is 0 Å². The van der Waals surface area contributed by atoms with Crippen LogP contribution in [0.4, 0.5) is 0 Å². The van der Waals surface area contributed by atoms with E-state index in [9.17, 15) is 0 Å². The van der Waals surface area contributed by atoms with E-state index in [0.29, 0.717) is 0 Å². The Hall–Kier alpha value is -1.15. The number of piperidine rings is 1. The minimum atomic E-state index is 0. The smallest absolute Gasteiger partial charge is 0.194 e. The molecule has 1 aromatic heterocycles. The molecule has 0 bridgehead atoms.